The molecule has 27 heavy (non-hydrogen) atoms. The zero-order valence-corrected chi connectivity index (χ0v) is 16.0. The minimum atomic E-state index is -0.786. The van der Waals surface area contributed by atoms with E-state index < -0.39 is 23.0 Å². The maximum absolute atomic E-state index is 12.7. The van der Waals surface area contributed by atoms with Crippen LogP contribution in [-0.2, 0) is 23.6 Å². The monoisotopic (exact) mass is 434 g/mol. The Morgan fingerprint density at radius 1 is 1.15 bits per heavy atom. The molecule has 1 aliphatic heterocycles. The van der Waals surface area contributed by atoms with E-state index in [0.717, 1.165) is 13.6 Å². The Morgan fingerprint density at radius 3 is 2.41 bits per heavy atom. The smallest absolute Gasteiger partial charge is 0.355 e. The van der Waals surface area contributed by atoms with Crippen LogP contribution in [-0.4, -0.2) is 27.5 Å². The van der Waals surface area contributed by atoms with Crippen LogP contribution in [0.5, 0.6) is 0 Å². The highest BCUT2D eigenvalue weighted by molar-refractivity contribution is 9.10. The molecule has 0 saturated carbocycles. The van der Waals surface area contributed by atoms with Crippen LogP contribution in [0.2, 0.25) is 0 Å². The molecule has 1 aromatic carbocycles. The third kappa shape index (κ3) is 3.19. The second kappa shape index (κ2) is 6.88. The number of Topliss-reactive ketones (excluding diaryl/α,β-unsaturated/α-hetero) is 1. The van der Waals surface area contributed by atoms with Crippen molar-refractivity contribution in [3.05, 3.63) is 66.4 Å². The van der Waals surface area contributed by atoms with E-state index in [1.807, 2.05) is 0 Å². The van der Waals surface area contributed by atoms with Gasteiger partial charge in [0, 0.05) is 24.1 Å². The number of nitrogens with two attached hydrogens (primary N) is 1. The Bertz CT molecular complexity index is 1110. The number of nitrogen functional groups attached to an aromatic ring is 1. The van der Waals surface area contributed by atoms with Gasteiger partial charge in [-0.1, -0.05) is 15.9 Å². The molecule has 0 aliphatic carbocycles. The number of carbonyl (C=O) groups is 2. The van der Waals surface area contributed by atoms with Crippen molar-refractivity contribution in [2.24, 2.45) is 14.1 Å². The number of aromatic nitrogens is 2. The molecule has 0 spiro atoms. The van der Waals surface area contributed by atoms with Crippen LogP contribution in [0.15, 0.2) is 49.6 Å². The number of nitrogens with zero attached hydrogens (tertiary/aromatic N) is 2. The van der Waals surface area contributed by atoms with Gasteiger partial charge in [0.05, 0.1) is 5.57 Å². The van der Waals surface area contributed by atoms with E-state index in [-0.39, 0.29) is 29.4 Å². The highest BCUT2D eigenvalue weighted by Gasteiger charge is 2.31. The standard InChI is InChI=1S/C17H15BrN4O5/c1-21-14(19)12(15(24)22(2)17(21)26)20-11-10(7-27-16(11)25)13(23)8-3-5-9(18)6-4-8/h3-6,20H,7,19H2,1-2H3. The molecule has 1 aromatic heterocycles. The maximum Gasteiger partial charge on any atom is 0.355 e. The molecular weight excluding hydrogens is 420 g/mol. The van der Waals surface area contributed by atoms with Crippen LogP contribution < -0.4 is 22.3 Å². The fourth-order valence-corrected chi connectivity index (χ4v) is 2.85. The number of ketones is 1. The largest absolute Gasteiger partial charge is 0.456 e. The van der Waals surface area contributed by atoms with Crippen molar-refractivity contribution in [1.82, 2.24) is 9.13 Å². The Hall–Kier alpha value is -3.14. The molecule has 0 saturated heterocycles. The third-order valence-electron chi connectivity index (χ3n) is 4.19. The highest BCUT2D eigenvalue weighted by atomic mass is 79.9. The third-order valence-corrected chi connectivity index (χ3v) is 4.72. The van der Waals surface area contributed by atoms with Crippen molar-refractivity contribution in [2.75, 3.05) is 17.7 Å². The summed E-state index contributed by atoms with van der Waals surface area (Å²) in [5, 5.41) is 2.61. The molecular formula is C17H15BrN4O5. The van der Waals surface area contributed by atoms with Crippen LogP contribution in [0.4, 0.5) is 11.5 Å². The van der Waals surface area contributed by atoms with Crippen molar-refractivity contribution in [1.29, 1.82) is 0 Å². The predicted molar refractivity (Wildman–Crippen MR) is 101 cm³/mol. The van der Waals surface area contributed by atoms with E-state index in [0.29, 0.717) is 5.56 Å². The first-order valence-electron chi connectivity index (χ1n) is 7.75. The van der Waals surface area contributed by atoms with Gasteiger partial charge in [-0.25, -0.2) is 9.59 Å². The number of halogens is 1. The fraction of sp³-hybridized carbons (Fsp3) is 0.176. The molecule has 1 aliphatic rings. The van der Waals surface area contributed by atoms with Gasteiger partial charge in [-0.15, -0.1) is 0 Å². The number of hydrogen-bond donors (Lipinski definition) is 2. The Kier molecular flexibility index (Phi) is 4.75. The zero-order valence-electron chi connectivity index (χ0n) is 14.4. The van der Waals surface area contributed by atoms with Crippen LogP contribution in [0.25, 0.3) is 0 Å². The average molecular weight is 435 g/mol. The molecule has 0 amide bonds. The van der Waals surface area contributed by atoms with Gasteiger partial charge in [0.25, 0.3) is 5.56 Å². The van der Waals surface area contributed by atoms with Crippen LogP contribution in [0.1, 0.15) is 10.4 Å². The summed E-state index contributed by atoms with van der Waals surface area (Å²) in [5.41, 5.74) is 4.57. The summed E-state index contributed by atoms with van der Waals surface area (Å²) in [5.74, 6) is -1.37. The van der Waals surface area contributed by atoms with Gasteiger partial charge in [-0.3, -0.25) is 18.7 Å². The molecule has 2 heterocycles. The summed E-state index contributed by atoms with van der Waals surface area (Å²) in [6.45, 7) is -0.234. The molecule has 0 fully saturated rings. The molecule has 0 atom stereocenters. The number of esters is 1. The van der Waals surface area contributed by atoms with E-state index in [4.69, 9.17) is 10.5 Å². The first kappa shape index (κ1) is 18.6. The Labute approximate surface area is 161 Å². The molecule has 0 radical (unpaired) electrons. The Balaban J connectivity index is 2.09. The summed E-state index contributed by atoms with van der Waals surface area (Å²) < 4.78 is 7.65. The lowest BCUT2D eigenvalue weighted by Crippen LogP contribution is -2.39. The number of cyclic esters (lactones) is 1. The van der Waals surface area contributed by atoms with E-state index in [9.17, 15) is 19.2 Å². The lowest BCUT2D eigenvalue weighted by atomic mass is 10.0. The van der Waals surface area contributed by atoms with Crippen molar-refractivity contribution in [2.45, 2.75) is 0 Å². The molecule has 140 valence electrons. The maximum atomic E-state index is 12.7. The number of anilines is 2. The number of hydrogen-bond acceptors (Lipinski definition) is 7. The van der Waals surface area contributed by atoms with Crippen molar-refractivity contribution in [3.63, 3.8) is 0 Å². The summed E-state index contributed by atoms with van der Waals surface area (Å²) >= 11 is 3.29. The molecule has 3 N–H and O–H groups in total. The quantitative estimate of drug-likeness (QED) is 0.530. The van der Waals surface area contributed by atoms with Gasteiger partial charge in [-0.05, 0) is 24.3 Å². The molecule has 10 heteroatoms. The minimum Gasteiger partial charge on any atom is -0.456 e. The zero-order chi connectivity index (χ0) is 19.9. The minimum absolute atomic E-state index is 0.0672. The topological polar surface area (TPSA) is 125 Å². The molecule has 2 aromatic rings. The van der Waals surface area contributed by atoms with Crippen LogP contribution in [0, 0.1) is 0 Å². The van der Waals surface area contributed by atoms with E-state index in [1.165, 1.54) is 14.1 Å². The average Bonchev–Trinajstić information content (AvgIpc) is 3.02. The van der Waals surface area contributed by atoms with Gasteiger partial charge in [-0.2, -0.15) is 0 Å². The first-order valence-corrected chi connectivity index (χ1v) is 8.54. The summed E-state index contributed by atoms with van der Waals surface area (Å²) in [6.07, 6.45) is 0. The summed E-state index contributed by atoms with van der Waals surface area (Å²) in [4.78, 5) is 49.2. The second-order valence-electron chi connectivity index (χ2n) is 5.86. The molecule has 0 bridgehead atoms. The second-order valence-corrected chi connectivity index (χ2v) is 6.77. The molecule has 0 unspecified atom stereocenters. The number of benzene rings is 1. The number of rotatable bonds is 4. The van der Waals surface area contributed by atoms with Gasteiger partial charge >= 0.3 is 11.7 Å². The van der Waals surface area contributed by atoms with Crippen LogP contribution >= 0.6 is 15.9 Å². The first-order chi connectivity index (χ1) is 12.7. The van der Waals surface area contributed by atoms with Gasteiger partial charge in [0.15, 0.2) is 5.78 Å². The fourth-order valence-electron chi connectivity index (χ4n) is 2.59. The van der Waals surface area contributed by atoms with E-state index in [2.05, 4.69) is 21.2 Å². The van der Waals surface area contributed by atoms with Crippen molar-refractivity contribution in [3.8, 4) is 0 Å². The summed E-state index contributed by atoms with van der Waals surface area (Å²) in [7, 11) is 2.67. The van der Waals surface area contributed by atoms with Gasteiger partial charge in [0.1, 0.15) is 23.8 Å². The van der Waals surface area contributed by atoms with Crippen molar-refractivity contribution >= 4 is 39.2 Å². The predicted octanol–water partition coefficient (Wildman–Crippen LogP) is 0.534. The van der Waals surface area contributed by atoms with E-state index in [1.54, 1.807) is 24.3 Å². The number of carbonyl (C=O) groups excluding carboxylic acids is 2. The highest BCUT2D eigenvalue weighted by Crippen LogP contribution is 2.24. The number of nitrogens with one attached hydrogen (secondary N) is 1. The summed E-state index contributed by atoms with van der Waals surface area (Å²) in [6, 6.07) is 6.58. The van der Waals surface area contributed by atoms with Crippen LogP contribution in [0.3, 0.4) is 0 Å². The number of ether oxygens (including phenoxy) is 1. The lowest BCUT2D eigenvalue weighted by Gasteiger charge is -2.13. The molecule has 9 nitrogen and oxygen atoms in total. The Morgan fingerprint density at radius 2 is 1.78 bits per heavy atom. The van der Waals surface area contributed by atoms with Gasteiger partial charge < -0.3 is 15.8 Å². The molecule has 3 rings (SSSR count). The SMILES string of the molecule is Cn1c(N)c(NC2=C(C(=O)c3ccc(Br)cc3)COC2=O)c(=O)n(C)c1=O. The van der Waals surface area contributed by atoms with E-state index >= 15 is 0 Å². The normalized spacial score (nSPS) is 13.7. The van der Waals surface area contributed by atoms with Gasteiger partial charge in [0.2, 0.25) is 0 Å². The lowest BCUT2D eigenvalue weighted by molar-refractivity contribution is -0.135. The van der Waals surface area contributed by atoms with Crippen molar-refractivity contribution < 1.29 is 14.3 Å².